The molecule has 12 heteroatoms. The van der Waals surface area contributed by atoms with E-state index in [4.69, 9.17) is 15.9 Å². The molecule has 12 nitrogen and oxygen atoms in total. The van der Waals surface area contributed by atoms with Crippen LogP contribution in [0.1, 0.15) is 19.3 Å². The van der Waals surface area contributed by atoms with Gasteiger partial charge in [0.2, 0.25) is 17.7 Å². The molecule has 1 atom stereocenters. The van der Waals surface area contributed by atoms with Gasteiger partial charge in [-0.05, 0) is 19.3 Å². The van der Waals surface area contributed by atoms with Crippen LogP contribution in [0, 0.1) is 0 Å². The molecule has 6 N–H and O–H groups in total. The summed E-state index contributed by atoms with van der Waals surface area (Å²) in [4.78, 5) is 54.6. The van der Waals surface area contributed by atoms with Gasteiger partial charge in [0.15, 0.2) is 0 Å². The predicted octanol–water partition coefficient (Wildman–Crippen LogP) is -2.55. The van der Waals surface area contributed by atoms with Crippen LogP contribution in [0.5, 0.6) is 0 Å². The molecule has 148 valence electrons. The number of ether oxygens (including phenoxy) is 2. The van der Waals surface area contributed by atoms with Crippen molar-refractivity contribution >= 4 is 29.7 Å². The van der Waals surface area contributed by atoms with E-state index in [1.165, 1.54) is 0 Å². The van der Waals surface area contributed by atoms with Crippen molar-refractivity contribution in [3.63, 3.8) is 0 Å². The summed E-state index contributed by atoms with van der Waals surface area (Å²) >= 11 is 0. The molecule has 0 bridgehead atoms. The minimum Gasteiger partial charge on any atom is -0.480 e. The molecule has 0 rings (SSSR count). The Bertz CT molecular complexity index is 510. The molecule has 26 heavy (non-hydrogen) atoms. The number of hydrogen-bond acceptors (Lipinski definition) is 7. The average Bonchev–Trinajstić information content (AvgIpc) is 2.52. The molecule has 3 amide bonds. The SMILES string of the molecule is NC(=O)C(CCCCNC(=O)COCC(=O)O)NC(=O)COCC(=O)O. The summed E-state index contributed by atoms with van der Waals surface area (Å²) in [6.07, 6.45) is 1.17. The normalized spacial score (nSPS) is 11.4. The first-order valence-electron chi connectivity index (χ1n) is 7.66. The molecule has 0 spiro atoms. The second-order valence-electron chi connectivity index (χ2n) is 5.14. The highest BCUT2D eigenvalue weighted by Crippen LogP contribution is 2.00. The second-order valence-corrected chi connectivity index (χ2v) is 5.14. The van der Waals surface area contributed by atoms with E-state index in [-0.39, 0.29) is 19.6 Å². The van der Waals surface area contributed by atoms with Crippen molar-refractivity contribution < 1.29 is 43.7 Å². The highest BCUT2D eigenvalue weighted by Gasteiger charge is 2.17. The quantitative estimate of drug-likeness (QED) is 0.191. The lowest BCUT2D eigenvalue weighted by Crippen LogP contribution is -2.45. The second kappa shape index (κ2) is 13.5. The molecule has 0 aromatic carbocycles. The summed E-state index contributed by atoms with van der Waals surface area (Å²) in [5.41, 5.74) is 5.18. The molecular formula is C14H23N3O9. The van der Waals surface area contributed by atoms with Gasteiger partial charge in [0.05, 0.1) is 0 Å². The van der Waals surface area contributed by atoms with Crippen LogP contribution in [0.15, 0.2) is 0 Å². The zero-order chi connectivity index (χ0) is 19.9. The van der Waals surface area contributed by atoms with Gasteiger partial charge in [0.1, 0.15) is 32.5 Å². The van der Waals surface area contributed by atoms with Gasteiger partial charge >= 0.3 is 11.9 Å². The van der Waals surface area contributed by atoms with Gasteiger partial charge in [-0.3, -0.25) is 14.4 Å². The molecule has 0 aliphatic carbocycles. The zero-order valence-corrected chi connectivity index (χ0v) is 14.1. The number of unbranched alkanes of at least 4 members (excludes halogenated alkanes) is 1. The molecule has 1 unspecified atom stereocenters. The zero-order valence-electron chi connectivity index (χ0n) is 14.1. The van der Waals surface area contributed by atoms with Gasteiger partial charge < -0.3 is 36.1 Å². The molecule has 0 aliphatic rings. The predicted molar refractivity (Wildman–Crippen MR) is 84.9 cm³/mol. The van der Waals surface area contributed by atoms with Gasteiger partial charge in [-0.25, -0.2) is 9.59 Å². The van der Waals surface area contributed by atoms with Gasteiger partial charge in [-0.15, -0.1) is 0 Å². The average molecular weight is 377 g/mol. The number of carbonyl (C=O) groups excluding carboxylic acids is 3. The molecular weight excluding hydrogens is 354 g/mol. The van der Waals surface area contributed by atoms with E-state index >= 15 is 0 Å². The lowest BCUT2D eigenvalue weighted by molar-refractivity contribution is -0.145. The maximum Gasteiger partial charge on any atom is 0.329 e. The molecule has 0 heterocycles. The topological polar surface area (TPSA) is 194 Å². The maximum absolute atomic E-state index is 11.5. The van der Waals surface area contributed by atoms with Crippen molar-refractivity contribution in [2.75, 3.05) is 33.0 Å². The Hall–Kier alpha value is -2.73. The smallest absolute Gasteiger partial charge is 0.329 e. The van der Waals surface area contributed by atoms with E-state index in [2.05, 4.69) is 20.1 Å². The molecule has 0 saturated carbocycles. The first-order chi connectivity index (χ1) is 12.2. The Labute approximate surface area is 149 Å². The Morgan fingerprint density at radius 3 is 1.88 bits per heavy atom. The maximum atomic E-state index is 11.5. The minimum absolute atomic E-state index is 0.228. The first-order valence-corrected chi connectivity index (χ1v) is 7.66. The number of nitrogens with two attached hydrogens (primary N) is 1. The number of carboxylic acids is 2. The Kier molecular flexibility index (Phi) is 12.1. The van der Waals surface area contributed by atoms with E-state index in [0.29, 0.717) is 12.8 Å². The van der Waals surface area contributed by atoms with Crippen molar-refractivity contribution in [2.45, 2.75) is 25.3 Å². The Balaban J connectivity index is 3.91. The standard InChI is InChI=1S/C14H23N3O9/c15-14(24)9(17-11(19)6-26-8-13(22)23)3-1-2-4-16-10(18)5-25-7-12(20)21/h9H,1-8H2,(H2,15,24)(H,16,18)(H,17,19)(H,20,21)(H,22,23). The summed E-state index contributed by atoms with van der Waals surface area (Å²) in [6.45, 7) is -1.81. The van der Waals surface area contributed by atoms with E-state index in [0.717, 1.165) is 0 Å². The number of carboxylic acid groups (broad SMARTS) is 2. The van der Waals surface area contributed by atoms with Crippen LogP contribution in [0.25, 0.3) is 0 Å². The third-order valence-electron chi connectivity index (χ3n) is 2.84. The lowest BCUT2D eigenvalue weighted by atomic mass is 10.1. The number of aliphatic carboxylic acids is 2. The highest BCUT2D eigenvalue weighted by atomic mass is 16.5. The fourth-order valence-corrected chi connectivity index (χ4v) is 1.74. The number of carbonyl (C=O) groups is 5. The largest absolute Gasteiger partial charge is 0.480 e. The third kappa shape index (κ3) is 13.7. The summed E-state index contributed by atoms with van der Waals surface area (Å²) < 4.78 is 9.20. The lowest BCUT2D eigenvalue weighted by Gasteiger charge is -2.15. The Morgan fingerprint density at radius 2 is 1.38 bits per heavy atom. The van der Waals surface area contributed by atoms with Crippen LogP contribution >= 0.6 is 0 Å². The van der Waals surface area contributed by atoms with Crippen LogP contribution in [0.3, 0.4) is 0 Å². The Morgan fingerprint density at radius 1 is 0.846 bits per heavy atom. The van der Waals surface area contributed by atoms with Gasteiger partial charge in [0.25, 0.3) is 0 Å². The van der Waals surface area contributed by atoms with Crippen LogP contribution in [-0.2, 0) is 33.4 Å². The van der Waals surface area contributed by atoms with Gasteiger partial charge in [-0.2, -0.15) is 0 Å². The molecule has 0 radical (unpaired) electrons. The summed E-state index contributed by atoms with van der Waals surface area (Å²) in [6, 6.07) is -0.939. The number of rotatable bonds is 15. The number of primary amides is 1. The van der Waals surface area contributed by atoms with Crippen molar-refractivity contribution in [2.24, 2.45) is 5.73 Å². The third-order valence-corrected chi connectivity index (χ3v) is 2.84. The number of hydrogen-bond donors (Lipinski definition) is 5. The van der Waals surface area contributed by atoms with Crippen molar-refractivity contribution in [1.82, 2.24) is 10.6 Å². The fraction of sp³-hybridized carbons (Fsp3) is 0.643. The van der Waals surface area contributed by atoms with Crippen molar-refractivity contribution in [3.8, 4) is 0 Å². The summed E-state index contributed by atoms with van der Waals surface area (Å²) in [5.74, 6) is -4.28. The first kappa shape index (κ1) is 23.3. The van der Waals surface area contributed by atoms with E-state index in [1.807, 2.05) is 0 Å². The molecule has 0 fully saturated rings. The van der Waals surface area contributed by atoms with Crippen LogP contribution in [-0.4, -0.2) is 78.9 Å². The summed E-state index contributed by atoms with van der Waals surface area (Å²) in [7, 11) is 0. The molecule has 0 aromatic rings. The molecule has 0 saturated heterocycles. The molecule has 0 aromatic heterocycles. The van der Waals surface area contributed by atoms with Crippen LogP contribution in [0.4, 0.5) is 0 Å². The van der Waals surface area contributed by atoms with Crippen LogP contribution in [0.2, 0.25) is 0 Å². The highest BCUT2D eigenvalue weighted by molar-refractivity contribution is 5.87. The number of nitrogens with one attached hydrogen (secondary N) is 2. The summed E-state index contributed by atoms with van der Waals surface area (Å²) in [5, 5.41) is 21.6. The fourth-order valence-electron chi connectivity index (χ4n) is 1.74. The van der Waals surface area contributed by atoms with Crippen molar-refractivity contribution in [1.29, 1.82) is 0 Å². The monoisotopic (exact) mass is 377 g/mol. The van der Waals surface area contributed by atoms with Gasteiger partial charge in [-0.1, -0.05) is 0 Å². The number of amides is 3. The minimum atomic E-state index is -1.22. The van der Waals surface area contributed by atoms with Gasteiger partial charge in [0, 0.05) is 6.54 Å². The van der Waals surface area contributed by atoms with Crippen LogP contribution < -0.4 is 16.4 Å². The van der Waals surface area contributed by atoms with E-state index in [9.17, 15) is 24.0 Å². The van der Waals surface area contributed by atoms with E-state index < -0.39 is 55.5 Å². The molecule has 0 aliphatic heterocycles. The van der Waals surface area contributed by atoms with E-state index in [1.54, 1.807) is 0 Å². The van der Waals surface area contributed by atoms with Crippen molar-refractivity contribution in [3.05, 3.63) is 0 Å².